The van der Waals surface area contributed by atoms with E-state index in [1.54, 1.807) is 0 Å². The Morgan fingerprint density at radius 1 is 1.26 bits per heavy atom. The summed E-state index contributed by atoms with van der Waals surface area (Å²) in [6, 6.07) is 7.96. The molecule has 0 spiro atoms. The molecule has 5 nitrogen and oxygen atoms in total. The summed E-state index contributed by atoms with van der Waals surface area (Å²) in [6.45, 7) is 0.706. The van der Waals surface area contributed by atoms with Crippen molar-refractivity contribution in [2.75, 3.05) is 5.32 Å². The van der Waals surface area contributed by atoms with Crippen molar-refractivity contribution >= 4 is 11.7 Å². The molecule has 0 unspecified atom stereocenters. The number of aliphatic carboxylic acids is 1. The second kappa shape index (κ2) is 6.86. The summed E-state index contributed by atoms with van der Waals surface area (Å²) >= 11 is 0. The molecule has 5 heteroatoms. The summed E-state index contributed by atoms with van der Waals surface area (Å²) in [4.78, 5) is 15.4. The van der Waals surface area contributed by atoms with E-state index in [1.807, 2.05) is 24.3 Å². The predicted octanol–water partition coefficient (Wildman–Crippen LogP) is 2.93. The van der Waals surface area contributed by atoms with Crippen molar-refractivity contribution in [3.8, 4) is 0 Å². The van der Waals surface area contributed by atoms with Crippen molar-refractivity contribution in [2.24, 2.45) is 7.05 Å². The lowest BCUT2D eigenvalue weighted by molar-refractivity contribution is -0.136. The average molecular weight is 313 g/mol. The maximum absolute atomic E-state index is 10.6. The van der Waals surface area contributed by atoms with Crippen molar-refractivity contribution in [1.29, 1.82) is 0 Å². The molecule has 1 aliphatic rings. The Kier molecular flexibility index (Phi) is 4.65. The van der Waals surface area contributed by atoms with Gasteiger partial charge in [-0.15, -0.1) is 0 Å². The third-order valence-corrected chi connectivity index (χ3v) is 4.50. The first kappa shape index (κ1) is 15.6. The zero-order chi connectivity index (χ0) is 16.2. The van der Waals surface area contributed by atoms with Gasteiger partial charge in [0.05, 0.1) is 12.2 Å². The van der Waals surface area contributed by atoms with E-state index in [2.05, 4.69) is 16.9 Å². The molecule has 3 rings (SSSR count). The molecule has 0 amide bonds. The topological polar surface area (TPSA) is 67.2 Å². The molecule has 0 radical (unpaired) electrons. The maximum atomic E-state index is 10.6. The minimum absolute atomic E-state index is 0.172. The quantitative estimate of drug-likeness (QED) is 0.860. The molecule has 1 aliphatic carbocycles. The third-order valence-electron chi connectivity index (χ3n) is 4.50. The van der Waals surface area contributed by atoms with Crippen molar-refractivity contribution < 1.29 is 9.90 Å². The van der Waals surface area contributed by atoms with Gasteiger partial charge < -0.3 is 15.0 Å². The number of nitrogens with one attached hydrogen (secondary N) is 1. The summed E-state index contributed by atoms with van der Waals surface area (Å²) in [5.41, 5.74) is 4.73. The van der Waals surface area contributed by atoms with Gasteiger partial charge in [-0.2, -0.15) is 0 Å². The lowest BCUT2D eigenvalue weighted by atomic mass is 10.0. The molecule has 1 heterocycles. The number of carboxylic acids is 1. The molecule has 0 fully saturated rings. The number of fused-ring (bicyclic) bond motifs is 1. The number of benzene rings is 1. The normalized spacial score (nSPS) is 13.6. The van der Waals surface area contributed by atoms with Gasteiger partial charge in [0.25, 0.3) is 0 Å². The number of aromatic nitrogens is 2. The molecule has 2 N–H and O–H groups in total. The van der Waals surface area contributed by atoms with E-state index in [0.717, 1.165) is 29.9 Å². The zero-order valence-electron chi connectivity index (χ0n) is 13.5. The second-order valence-corrected chi connectivity index (χ2v) is 6.13. The van der Waals surface area contributed by atoms with Crippen LogP contribution in [0.25, 0.3) is 0 Å². The summed E-state index contributed by atoms with van der Waals surface area (Å²) in [5.74, 6) is 0.317. The van der Waals surface area contributed by atoms with Crippen LogP contribution in [-0.2, 0) is 37.6 Å². The Morgan fingerprint density at radius 2 is 2.00 bits per heavy atom. The van der Waals surface area contributed by atoms with Gasteiger partial charge in [-0.1, -0.05) is 12.1 Å². The average Bonchev–Trinajstić information content (AvgIpc) is 2.88. The number of aryl methyl sites for hydroxylation is 2. The van der Waals surface area contributed by atoms with Gasteiger partial charge in [0, 0.05) is 24.8 Å². The highest BCUT2D eigenvalue weighted by molar-refractivity contribution is 5.67. The molecule has 0 bridgehead atoms. The van der Waals surface area contributed by atoms with Crippen LogP contribution in [-0.4, -0.2) is 20.6 Å². The number of carbonyl (C=O) groups is 1. The molecule has 23 heavy (non-hydrogen) atoms. The van der Waals surface area contributed by atoms with Gasteiger partial charge in [-0.3, -0.25) is 4.79 Å². The molecule has 122 valence electrons. The molecular weight excluding hydrogens is 290 g/mol. The predicted molar refractivity (Wildman–Crippen MR) is 89.6 cm³/mol. The van der Waals surface area contributed by atoms with Crippen LogP contribution in [0, 0.1) is 0 Å². The summed E-state index contributed by atoms with van der Waals surface area (Å²) < 4.78 is 2.22. The Morgan fingerprint density at radius 3 is 2.70 bits per heavy atom. The van der Waals surface area contributed by atoms with Crippen LogP contribution in [0.5, 0.6) is 0 Å². The summed E-state index contributed by atoms with van der Waals surface area (Å²) in [7, 11) is 2.10. The SMILES string of the molecule is Cn1c(CNc2ccc(CCC(=O)O)cc2)nc2c1CCCC2. The fourth-order valence-corrected chi connectivity index (χ4v) is 3.12. The summed E-state index contributed by atoms with van der Waals surface area (Å²) in [5, 5.41) is 12.1. The fraction of sp³-hybridized carbons (Fsp3) is 0.444. The first-order valence-electron chi connectivity index (χ1n) is 8.21. The van der Waals surface area contributed by atoms with Crippen molar-refractivity contribution in [3.63, 3.8) is 0 Å². The number of hydrogen-bond donors (Lipinski definition) is 2. The van der Waals surface area contributed by atoms with E-state index in [9.17, 15) is 4.79 Å². The Labute approximate surface area is 136 Å². The number of anilines is 1. The van der Waals surface area contributed by atoms with Gasteiger partial charge in [0.15, 0.2) is 0 Å². The standard InChI is InChI=1S/C18H23N3O2/c1-21-16-5-3-2-4-15(16)20-17(21)12-19-14-9-6-13(7-10-14)8-11-18(22)23/h6-7,9-10,19H,2-5,8,11-12H2,1H3,(H,22,23). The van der Waals surface area contributed by atoms with E-state index in [1.165, 1.54) is 24.2 Å². The van der Waals surface area contributed by atoms with E-state index < -0.39 is 5.97 Å². The Hall–Kier alpha value is -2.30. The highest BCUT2D eigenvalue weighted by Crippen LogP contribution is 2.21. The lowest BCUT2D eigenvalue weighted by Gasteiger charge is -2.11. The van der Waals surface area contributed by atoms with Crippen LogP contribution in [0.1, 0.15) is 42.0 Å². The monoisotopic (exact) mass is 313 g/mol. The smallest absolute Gasteiger partial charge is 0.303 e. The van der Waals surface area contributed by atoms with Crippen molar-refractivity contribution in [1.82, 2.24) is 9.55 Å². The molecule has 0 aliphatic heterocycles. The molecule has 2 aromatic rings. The summed E-state index contributed by atoms with van der Waals surface area (Å²) in [6.07, 6.45) is 5.48. The lowest BCUT2D eigenvalue weighted by Crippen LogP contribution is -2.09. The number of imidazole rings is 1. The second-order valence-electron chi connectivity index (χ2n) is 6.13. The number of rotatable bonds is 6. The molecular formula is C18H23N3O2. The van der Waals surface area contributed by atoms with E-state index in [0.29, 0.717) is 13.0 Å². The van der Waals surface area contributed by atoms with Crippen LogP contribution >= 0.6 is 0 Å². The fourth-order valence-electron chi connectivity index (χ4n) is 3.12. The highest BCUT2D eigenvalue weighted by atomic mass is 16.4. The first-order chi connectivity index (χ1) is 11.1. The van der Waals surface area contributed by atoms with Crippen LogP contribution in [0.4, 0.5) is 5.69 Å². The molecule has 0 saturated heterocycles. The first-order valence-corrected chi connectivity index (χ1v) is 8.21. The number of nitrogens with zero attached hydrogens (tertiary/aromatic N) is 2. The largest absolute Gasteiger partial charge is 0.481 e. The number of hydrogen-bond acceptors (Lipinski definition) is 3. The van der Waals surface area contributed by atoms with Crippen LogP contribution < -0.4 is 5.32 Å². The van der Waals surface area contributed by atoms with Gasteiger partial charge in [0.1, 0.15) is 5.82 Å². The molecule has 1 aromatic carbocycles. The zero-order valence-corrected chi connectivity index (χ0v) is 13.5. The third kappa shape index (κ3) is 3.73. The minimum atomic E-state index is -0.758. The van der Waals surface area contributed by atoms with Gasteiger partial charge >= 0.3 is 5.97 Å². The Bertz CT molecular complexity index is 689. The highest BCUT2D eigenvalue weighted by Gasteiger charge is 2.17. The number of carboxylic acid groups (broad SMARTS) is 1. The van der Waals surface area contributed by atoms with E-state index >= 15 is 0 Å². The molecule has 0 saturated carbocycles. The van der Waals surface area contributed by atoms with Gasteiger partial charge in [0.2, 0.25) is 0 Å². The molecule has 0 atom stereocenters. The van der Waals surface area contributed by atoms with Crippen LogP contribution in [0.3, 0.4) is 0 Å². The Balaban J connectivity index is 1.60. The van der Waals surface area contributed by atoms with E-state index in [-0.39, 0.29) is 6.42 Å². The van der Waals surface area contributed by atoms with Gasteiger partial charge in [-0.25, -0.2) is 4.98 Å². The minimum Gasteiger partial charge on any atom is -0.481 e. The van der Waals surface area contributed by atoms with Crippen LogP contribution in [0.15, 0.2) is 24.3 Å². The van der Waals surface area contributed by atoms with Crippen molar-refractivity contribution in [2.45, 2.75) is 45.1 Å². The van der Waals surface area contributed by atoms with Crippen LogP contribution in [0.2, 0.25) is 0 Å². The van der Waals surface area contributed by atoms with Gasteiger partial charge in [-0.05, 0) is 49.8 Å². The maximum Gasteiger partial charge on any atom is 0.303 e. The van der Waals surface area contributed by atoms with Crippen molar-refractivity contribution in [3.05, 3.63) is 47.0 Å². The van der Waals surface area contributed by atoms with E-state index in [4.69, 9.17) is 10.1 Å². The molecule has 1 aromatic heterocycles.